The minimum absolute atomic E-state index is 0.00635. The van der Waals surface area contributed by atoms with E-state index >= 15 is 0 Å². The summed E-state index contributed by atoms with van der Waals surface area (Å²) < 4.78 is 6.28. The summed E-state index contributed by atoms with van der Waals surface area (Å²) in [5, 5.41) is 0. The SMILES string of the molecule is Cc1ccc(C)c(CN2C[C@@]34C=C[C@@H](O3)C(C(=O)N(C)CC3CCNN3)C4C2=O)c1. The summed E-state index contributed by atoms with van der Waals surface area (Å²) in [4.78, 5) is 30.5. The molecule has 4 aliphatic rings. The van der Waals surface area contributed by atoms with E-state index in [4.69, 9.17) is 4.74 Å². The molecular weight excluding hydrogens is 380 g/mol. The van der Waals surface area contributed by atoms with E-state index in [1.807, 2.05) is 24.1 Å². The van der Waals surface area contributed by atoms with Gasteiger partial charge in [-0.3, -0.25) is 20.4 Å². The van der Waals surface area contributed by atoms with Crippen LogP contribution in [-0.4, -0.2) is 66.0 Å². The van der Waals surface area contributed by atoms with Crippen LogP contribution in [0.4, 0.5) is 0 Å². The van der Waals surface area contributed by atoms with Crippen LogP contribution in [0.5, 0.6) is 0 Å². The Balaban J connectivity index is 1.35. The summed E-state index contributed by atoms with van der Waals surface area (Å²) in [6, 6.07) is 6.56. The highest BCUT2D eigenvalue weighted by atomic mass is 16.5. The molecule has 2 amide bonds. The average Bonchev–Trinajstić information content (AvgIpc) is 3.47. The van der Waals surface area contributed by atoms with Crippen LogP contribution in [0, 0.1) is 25.7 Å². The molecule has 2 bridgehead atoms. The molecule has 0 saturated carbocycles. The number of fused-ring (bicyclic) bond motifs is 1. The van der Waals surface area contributed by atoms with E-state index < -0.39 is 17.4 Å². The van der Waals surface area contributed by atoms with Crippen molar-refractivity contribution in [2.45, 2.75) is 44.6 Å². The van der Waals surface area contributed by atoms with E-state index in [-0.39, 0.29) is 24.0 Å². The van der Waals surface area contributed by atoms with Crippen molar-refractivity contribution in [3.63, 3.8) is 0 Å². The molecule has 4 heterocycles. The summed E-state index contributed by atoms with van der Waals surface area (Å²) in [6.07, 6.45) is 4.69. The Morgan fingerprint density at radius 1 is 1.37 bits per heavy atom. The predicted octanol–water partition coefficient (Wildman–Crippen LogP) is 0.910. The highest BCUT2D eigenvalue weighted by Gasteiger charge is 2.67. The number of carbonyl (C=O) groups is 2. The number of amides is 2. The van der Waals surface area contributed by atoms with Crippen LogP contribution < -0.4 is 10.9 Å². The van der Waals surface area contributed by atoms with E-state index in [1.165, 1.54) is 11.1 Å². The lowest BCUT2D eigenvalue weighted by atomic mass is 9.76. The molecule has 3 unspecified atom stereocenters. The summed E-state index contributed by atoms with van der Waals surface area (Å²) in [7, 11) is 1.83. The molecule has 7 nitrogen and oxygen atoms in total. The van der Waals surface area contributed by atoms with Crippen LogP contribution in [0.2, 0.25) is 0 Å². The number of hydrogen-bond acceptors (Lipinski definition) is 5. The number of hydrazine groups is 1. The number of rotatable bonds is 5. The summed E-state index contributed by atoms with van der Waals surface area (Å²) in [5.74, 6) is -0.824. The molecule has 5 rings (SSSR count). The van der Waals surface area contributed by atoms with Crippen molar-refractivity contribution < 1.29 is 14.3 Å². The summed E-state index contributed by atoms with van der Waals surface area (Å²) in [6.45, 7) is 6.73. The Morgan fingerprint density at radius 3 is 2.97 bits per heavy atom. The minimum atomic E-state index is -0.659. The van der Waals surface area contributed by atoms with Crippen molar-refractivity contribution in [1.82, 2.24) is 20.7 Å². The van der Waals surface area contributed by atoms with Crippen molar-refractivity contribution in [2.24, 2.45) is 11.8 Å². The number of aryl methyl sites for hydroxylation is 2. The van der Waals surface area contributed by atoms with Crippen molar-refractivity contribution in [3.8, 4) is 0 Å². The van der Waals surface area contributed by atoms with E-state index in [1.54, 1.807) is 4.90 Å². The Labute approximate surface area is 177 Å². The van der Waals surface area contributed by atoms with Gasteiger partial charge in [-0.15, -0.1) is 0 Å². The van der Waals surface area contributed by atoms with Crippen LogP contribution in [-0.2, 0) is 20.9 Å². The van der Waals surface area contributed by atoms with Gasteiger partial charge in [-0.1, -0.05) is 35.9 Å². The minimum Gasteiger partial charge on any atom is -0.360 e. The first-order valence-electron chi connectivity index (χ1n) is 10.8. The molecule has 7 heteroatoms. The molecule has 0 radical (unpaired) electrons. The lowest BCUT2D eigenvalue weighted by Gasteiger charge is -2.29. The highest BCUT2D eigenvalue weighted by Crippen LogP contribution is 2.52. The molecule has 3 saturated heterocycles. The van der Waals surface area contributed by atoms with Gasteiger partial charge in [0.2, 0.25) is 11.8 Å². The largest absolute Gasteiger partial charge is 0.360 e. The molecule has 1 aromatic carbocycles. The van der Waals surface area contributed by atoms with Gasteiger partial charge in [-0.05, 0) is 31.4 Å². The number of ether oxygens (including phenoxy) is 1. The predicted molar refractivity (Wildman–Crippen MR) is 112 cm³/mol. The molecular formula is C23H30N4O3. The molecule has 0 aliphatic carbocycles. The Kier molecular flexibility index (Phi) is 4.72. The van der Waals surface area contributed by atoms with Crippen LogP contribution in [0.3, 0.4) is 0 Å². The monoisotopic (exact) mass is 410 g/mol. The Morgan fingerprint density at radius 2 is 2.20 bits per heavy atom. The van der Waals surface area contributed by atoms with Gasteiger partial charge < -0.3 is 14.5 Å². The van der Waals surface area contributed by atoms with Crippen LogP contribution in [0.25, 0.3) is 0 Å². The average molecular weight is 411 g/mol. The van der Waals surface area contributed by atoms with Gasteiger partial charge in [-0.25, -0.2) is 0 Å². The maximum Gasteiger partial charge on any atom is 0.230 e. The smallest absolute Gasteiger partial charge is 0.230 e. The fraction of sp³-hybridized carbons (Fsp3) is 0.565. The fourth-order valence-corrected chi connectivity index (χ4v) is 5.52. The quantitative estimate of drug-likeness (QED) is 0.706. The second-order valence-corrected chi connectivity index (χ2v) is 9.30. The van der Waals surface area contributed by atoms with Gasteiger partial charge in [-0.2, -0.15) is 0 Å². The lowest BCUT2D eigenvalue weighted by Crippen LogP contribution is -2.48. The molecule has 5 atom stereocenters. The molecule has 1 aromatic rings. The molecule has 30 heavy (non-hydrogen) atoms. The van der Waals surface area contributed by atoms with Crippen molar-refractivity contribution in [1.29, 1.82) is 0 Å². The zero-order valence-electron chi connectivity index (χ0n) is 17.9. The number of likely N-dealkylation sites (tertiary alicyclic amines) is 1. The third kappa shape index (κ3) is 3.07. The first-order valence-corrected chi connectivity index (χ1v) is 10.8. The molecule has 160 valence electrons. The van der Waals surface area contributed by atoms with Gasteiger partial charge >= 0.3 is 0 Å². The van der Waals surface area contributed by atoms with E-state index in [2.05, 4.69) is 42.9 Å². The second-order valence-electron chi connectivity index (χ2n) is 9.30. The zero-order valence-corrected chi connectivity index (χ0v) is 17.9. The molecule has 1 spiro atoms. The number of likely N-dealkylation sites (N-methyl/N-ethyl adjacent to an activating group) is 1. The van der Waals surface area contributed by atoms with Crippen molar-refractivity contribution in [3.05, 3.63) is 47.0 Å². The standard InChI is InChI=1S/C23H30N4O3/c1-14-4-5-15(2)16(10-14)11-27-13-23-8-6-18(30-23)19(20(23)22(27)29)21(28)26(3)12-17-7-9-24-25-17/h4-6,8,10,17-20,24-25H,7,9,11-13H2,1-3H3/t17?,18-,19?,20?,23-/m1/s1. The first kappa shape index (κ1) is 19.7. The van der Waals surface area contributed by atoms with Crippen molar-refractivity contribution >= 4 is 11.8 Å². The Bertz CT molecular complexity index is 910. The van der Waals surface area contributed by atoms with Crippen LogP contribution >= 0.6 is 0 Å². The van der Waals surface area contributed by atoms with Crippen LogP contribution in [0.15, 0.2) is 30.4 Å². The van der Waals surface area contributed by atoms with Crippen molar-refractivity contribution in [2.75, 3.05) is 26.7 Å². The number of nitrogens with one attached hydrogen (secondary N) is 2. The van der Waals surface area contributed by atoms with Crippen LogP contribution in [0.1, 0.15) is 23.1 Å². The molecule has 0 aromatic heterocycles. The van der Waals surface area contributed by atoms with Gasteiger partial charge in [0.05, 0.1) is 24.5 Å². The van der Waals surface area contributed by atoms with Gasteiger partial charge in [0, 0.05) is 32.7 Å². The number of hydrogen-bond donors (Lipinski definition) is 2. The third-order valence-electron chi connectivity index (χ3n) is 7.12. The third-order valence-corrected chi connectivity index (χ3v) is 7.12. The topological polar surface area (TPSA) is 73.9 Å². The number of nitrogens with zero attached hydrogens (tertiary/aromatic N) is 2. The number of benzene rings is 1. The number of carbonyl (C=O) groups excluding carboxylic acids is 2. The molecule has 4 aliphatic heterocycles. The first-order chi connectivity index (χ1) is 14.4. The van der Waals surface area contributed by atoms with Gasteiger partial charge in [0.1, 0.15) is 5.60 Å². The van der Waals surface area contributed by atoms with E-state index in [9.17, 15) is 9.59 Å². The Hall–Kier alpha value is -2.22. The summed E-state index contributed by atoms with van der Waals surface area (Å²) in [5.41, 5.74) is 9.16. The van der Waals surface area contributed by atoms with Gasteiger partial charge in [0.25, 0.3) is 0 Å². The fourth-order valence-electron chi connectivity index (χ4n) is 5.52. The lowest BCUT2D eigenvalue weighted by molar-refractivity contribution is -0.142. The maximum atomic E-state index is 13.5. The van der Waals surface area contributed by atoms with Gasteiger partial charge in [0.15, 0.2) is 0 Å². The highest BCUT2D eigenvalue weighted by molar-refractivity contribution is 5.93. The maximum absolute atomic E-state index is 13.5. The summed E-state index contributed by atoms with van der Waals surface area (Å²) >= 11 is 0. The second kappa shape index (κ2) is 7.18. The zero-order chi connectivity index (χ0) is 21.0. The van der Waals surface area contributed by atoms with E-state index in [0.29, 0.717) is 19.6 Å². The van der Waals surface area contributed by atoms with E-state index in [0.717, 1.165) is 18.5 Å². The molecule has 3 fully saturated rings. The normalized spacial score (nSPS) is 34.1. The molecule has 2 N–H and O–H groups in total.